The van der Waals surface area contributed by atoms with Crippen molar-refractivity contribution in [3.63, 3.8) is 0 Å². The normalized spacial score (nSPS) is 10.1. The van der Waals surface area contributed by atoms with Crippen molar-refractivity contribution in [2.75, 3.05) is 18.2 Å². The molecular weight excluding hydrogens is 346 g/mol. The number of nitrogens with one attached hydrogen (secondary N) is 1. The smallest absolute Gasteiger partial charge is 0.283 e. The number of nitro benzene ring substituents is 1. The Bertz CT molecular complexity index is 825. The van der Waals surface area contributed by atoms with Gasteiger partial charge in [0.1, 0.15) is 5.75 Å². The highest BCUT2D eigenvalue weighted by molar-refractivity contribution is 7.98. The van der Waals surface area contributed by atoms with Crippen molar-refractivity contribution in [1.29, 1.82) is 0 Å². The van der Waals surface area contributed by atoms with Crippen LogP contribution in [-0.2, 0) is 4.79 Å². The van der Waals surface area contributed by atoms with Gasteiger partial charge in [0.05, 0.1) is 9.82 Å². The molecule has 0 aliphatic heterocycles. The highest BCUT2D eigenvalue weighted by Gasteiger charge is 2.17. The molecule has 130 valence electrons. The van der Waals surface area contributed by atoms with E-state index in [1.165, 1.54) is 36.0 Å². The lowest BCUT2D eigenvalue weighted by Crippen LogP contribution is -2.20. The van der Waals surface area contributed by atoms with Crippen molar-refractivity contribution in [3.05, 3.63) is 58.1 Å². The van der Waals surface area contributed by atoms with Crippen molar-refractivity contribution >= 4 is 35.0 Å². The van der Waals surface area contributed by atoms with E-state index in [0.29, 0.717) is 16.3 Å². The van der Waals surface area contributed by atoms with Crippen molar-refractivity contribution in [2.24, 2.45) is 5.73 Å². The van der Waals surface area contributed by atoms with E-state index in [2.05, 4.69) is 5.32 Å². The van der Waals surface area contributed by atoms with Gasteiger partial charge in [0, 0.05) is 23.4 Å². The molecule has 0 fully saturated rings. The molecule has 0 saturated carbocycles. The van der Waals surface area contributed by atoms with Crippen LogP contribution in [0.5, 0.6) is 5.75 Å². The number of rotatable bonds is 7. The van der Waals surface area contributed by atoms with Gasteiger partial charge in [0.2, 0.25) is 0 Å². The van der Waals surface area contributed by atoms with Crippen LogP contribution in [-0.4, -0.2) is 29.6 Å². The number of carbonyl (C=O) groups is 2. The molecule has 2 rings (SSSR count). The molecule has 0 saturated heterocycles. The summed E-state index contributed by atoms with van der Waals surface area (Å²) in [7, 11) is 0. The first kappa shape index (κ1) is 18.3. The first-order valence-electron chi connectivity index (χ1n) is 7.05. The SMILES string of the molecule is CSc1ccc(C(=O)Nc2cccc(OCC(N)=O)c2)cc1[N+](=O)[O-]. The first-order valence-corrected chi connectivity index (χ1v) is 8.28. The lowest BCUT2D eigenvalue weighted by Gasteiger charge is -2.09. The number of nitrogens with zero attached hydrogens (tertiary/aromatic N) is 1. The largest absolute Gasteiger partial charge is 0.484 e. The molecule has 0 radical (unpaired) electrons. The van der Waals surface area contributed by atoms with Crippen LogP contribution < -0.4 is 15.8 Å². The molecule has 8 nitrogen and oxygen atoms in total. The first-order chi connectivity index (χ1) is 11.9. The van der Waals surface area contributed by atoms with Crippen LogP contribution in [0.4, 0.5) is 11.4 Å². The van der Waals surface area contributed by atoms with Gasteiger partial charge in [-0.15, -0.1) is 11.8 Å². The maximum Gasteiger partial charge on any atom is 0.283 e. The van der Waals surface area contributed by atoms with Crippen LogP contribution in [0, 0.1) is 10.1 Å². The van der Waals surface area contributed by atoms with Gasteiger partial charge in [-0.25, -0.2) is 0 Å². The van der Waals surface area contributed by atoms with Gasteiger partial charge in [-0.1, -0.05) is 6.07 Å². The number of ether oxygens (including phenoxy) is 1. The Morgan fingerprint density at radius 3 is 2.68 bits per heavy atom. The van der Waals surface area contributed by atoms with Gasteiger partial charge in [-0.3, -0.25) is 19.7 Å². The summed E-state index contributed by atoms with van der Waals surface area (Å²) < 4.78 is 5.16. The van der Waals surface area contributed by atoms with E-state index in [1.54, 1.807) is 24.5 Å². The van der Waals surface area contributed by atoms with E-state index in [1.807, 2.05) is 0 Å². The average molecular weight is 361 g/mol. The summed E-state index contributed by atoms with van der Waals surface area (Å²) in [6.45, 7) is -0.278. The van der Waals surface area contributed by atoms with Crippen molar-refractivity contribution in [1.82, 2.24) is 0 Å². The third-order valence-electron chi connectivity index (χ3n) is 3.11. The second-order valence-corrected chi connectivity index (χ2v) is 5.73. The van der Waals surface area contributed by atoms with Crippen LogP contribution in [0.15, 0.2) is 47.4 Å². The summed E-state index contributed by atoms with van der Waals surface area (Å²) >= 11 is 1.23. The number of hydrogen-bond donors (Lipinski definition) is 2. The summed E-state index contributed by atoms with van der Waals surface area (Å²) in [4.78, 5) is 34.1. The maximum atomic E-state index is 12.3. The highest BCUT2D eigenvalue weighted by Crippen LogP contribution is 2.28. The Morgan fingerprint density at radius 2 is 2.04 bits per heavy atom. The van der Waals surface area contributed by atoms with Crippen LogP contribution >= 0.6 is 11.8 Å². The van der Waals surface area contributed by atoms with Crippen molar-refractivity contribution < 1.29 is 19.2 Å². The van der Waals surface area contributed by atoms with Gasteiger partial charge < -0.3 is 15.8 Å². The maximum absolute atomic E-state index is 12.3. The molecule has 0 heterocycles. The lowest BCUT2D eigenvalue weighted by molar-refractivity contribution is -0.387. The molecule has 9 heteroatoms. The van der Waals surface area contributed by atoms with E-state index < -0.39 is 16.7 Å². The van der Waals surface area contributed by atoms with Gasteiger partial charge >= 0.3 is 0 Å². The molecule has 0 aromatic heterocycles. The zero-order valence-electron chi connectivity index (χ0n) is 13.2. The molecule has 0 spiro atoms. The molecule has 0 atom stereocenters. The minimum atomic E-state index is -0.615. The van der Waals surface area contributed by atoms with Crippen LogP contribution in [0.2, 0.25) is 0 Å². The number of thioether (sulfide) groups is 1. The van der Waals surface area contributed by atoms with Crippen LogP contribution in [0.25, 0.3) is 0 Å². The zero-order chi connectivity index (χ0) is 18.4. The Hall–Kier alpha value is -3.07. The number of nitro groups is 1. The van der Waals surface area contributed by atoms with E-state index in [9.17, 15) is 19.7 Å². The molecule has 0 bridgehead atoms. The number of anilines is 1. The number of amides is 2. The third kappa shape index (κ3) is 4.95. The highest BCUT2D eigenvalue weighted by atomic mass is 32.2. The average Bonchev–Trinajstić information content (AvgIpc) is 2.59. The molecule has 0 unspecified atom stereocenters. The number of primary amides is 1. The molecule has 2 amide bonds. The minimum Gasteiger partial charge on any atom is -0.484 e. The van der Waals surface area contributed by atoms with Crippen molar-refractivity contribution in [2.45, 2.75) is 4.90 Å². The number of hydrogen-bond acceptors (Lipinski definition) is 6. The predicted molar refractivity (Wildman–Crippen MR) is 94.0 cm³/mol. The fraction of sp³-hybridized carbons (Fsp3) is 0.125. The Morgan fingerprint density at radius 1 is 1.28 bits per heavy atom. The molecule has 2 aromatic rings. The Kier molecular flexibility index (Phi) is 5.96. The molecule has 3 N–H and O–H groups in total. The van der Waals surface area contributed by atoms with Crippen molar-refractivity contribution in [3.8, 4) is 5.75 Å². The minimum absolute atomic E-state index is 0.126. The third-order valence-corrected chi connectivity index (χ3v) is 3.90. The Balaban J connectivity index is 2.17. The number of benzene rings is 2. The summed E-state index contributed by atoms with van der Waals surface area (Å²) in [6, 6.07) is 10.7. The van der Waals surface area contributed by atoms with E-state index >= 15 is 0 Å². The summed E-state index contributed by atoms with van der Waals surface area (Å²) in [5.74, 6) is -0.751. The second kappa shape index (κ2) is 8.15. The molecule has 2 aromatic carbocycles. The van der Waals surface area contributed by atoms with Crippen LogP contribution in [0.1, 0.15) is 10.4 Å². The quantitative estimate of drug-likeness (QED) is 0.443. The fourth-order valence-corrected chi connectivity index (χ4v) is 2.54. The number of carbonyl (C=O) groups excluding carboxylic acids is 2. The van der Waals surface area contributed by atoms with Gasteiger partial charge in [0.15, 0.2) is 6.61 Å². The van der Waals surface area contributed by atoms with E-state index in [0.717, 1.165) is 0 Å². The summed E-state index contributed by atoms with van der Waals surface area (Å²) in [6.07, 6.45) is 1.72. The topological polar surface area (TPSA) is 125 Å². The van der Waals surface area contributed by atoms with Gasteiger partial charge in [-0.2, -0.15) is 0 Å². The van der Waals surface area contributed by atoms with Gasteiger partial charge in [0.25, 0.3) is 17.5 Å². The second-order valence-electron chi connectivity index (χ2n) is 4.88. The lowest BCUT2D eigenvalue weighted by atomic mass is 10.2. The standard InChI is InChI=1S/C16H15N3O5S/c1-25-14-6-5-10(7-13(14)19(22)23)16(21)18-11-3-2-4-12(8-11)24-9-15(17)20/h2-8H,9H2,1H3,(H2,17,20)(H,18,21). The Labute approximate surface area is 147 Å². The predicted octanol–water partition coefficient (Wildman–Crippen LogP) is 2.43. The molecule has 0 aliphatic rings. The number of nitrogens with two attached hydrogens (primary N) is 1. The summed E-state index contributed by atoms with van der Waals surface area (Å²) in [5.41, 5.74) is 5.46. The molecular formula is C16H15N3O5S. The monoisotopic (exact) mass is 361 g/mol. The zero-order valence-corrected chi connectivity index (χ0v) is 14.0. The van der Waals surface area contributed by atoms with Gasteiger partial charge in [-0.05, 0) is 30.5 Å². The summed E-state index contributed by atoms with van der Waals surface area (Å²) in [5, 5.41) is 13.7. The van der Waals surface area contributed by atoms with E-state index in [-0.39, 0.29) is 17.9 Å². The van der Waals surface area contributed by atoms with Crippen LogP contribution in [0.3, 0.4) is 0 Å². The van der Waals surface area contributed by atoms with E-state index in [4.69, 9.17) is 10.5 Å². The molecule has 25 heavy (non-hydrogen) atoms. The fourth-order valence-electron chi connectivity index (χ4n) is 2.00. The molecule has 0 aliphatic carbocycles.